The highest BCUT2D eigenvalue weighted by Crippen LogP contribution is 2.23. The van der Waals surface area contributed by atoms with Crippen molar-refractivity contribution in [3.8, 4) is 0 Å². The lowest BCUT2D eigenvalue weighted by molar-refractivity contribution is -0.122. The van der Waals surface area contributed by atoms with Gasteiger partial charge in [0.05, 0.1) is 11.4 Å². The first-order valence-electron chi connectivity index (χ1n) is 11.0. The number of carbonyl (C=O) groups excluding carboxylic acids is 1. The number of likely N-dealkylation sites (tertiary alicyclic amines) is 1. The minimum Gasteiger partial charge on any atom is -0.355 e. The Kier molecular flexibility index (Phi) is 8.09. The van der Waals surface area contributed by atoms with Gasteiger partial charge in [0, 0.05) is 19.6 Å². The van der Waals surface area contributed by atoms with Gasteiger partial charge in [-0.2, -0.15) is 0 Å². The summed E-state index contributed by atoms with van der Waals surface area (Å²) >= 11 is 0. The molecule has 1 aliphatic heterocycles. The number of amides is 1. The van der Waals surface area contributed by atoms with Gasteiger partial charge in [0.2, 0.25) is 15.9 Å². The molecule has 0 spiro atoms. The van der Waals surface area contributed by atoms with Crippen LogP contribution in [0.15, 0.2) is 29.2 Å². The highest BCUT2D eigenvalue weighted by molar-refractivity contribution is 7.89. The van der Waals surface area contributed by atoms with E-state index in [1.165, 1.54) is 32.1 Å². The van der Waals surface area contributed by atoms with Crippen molar-refractivity contribution < 1.29 is 13.2 Å². The van der Waals surface area contributed by atoms with E-state index in [1.807, 2.05) is 19.1 Å². The van der Waals surface area contributed by atoms with E-state index in [9.17, 15) is 13.2 Å². The molecule has 7 heteroatoms. The second kappa shape index (κ2) is 10.5. The maximum atomic E-state index is 12.5. The summed E-state index contributed by atoms with van der Waals surface area (Å²) in [5, 5.41) is 3.10. The average Bonchev–Trinajstić information content (AvgIpc) is 2.72. The molecule has 2 aliphatic rings. The predicted octanol–water partition coefficient (Wildman–Crippen LogP) is 2.68. The molecular formula is C22H35N3O3S. The summed E-state index contributed by atoms with van der Waals surface area (Å²) in [5.41, 5.74) is 1.04. The first-order valence-corrected chi connectivity index (χ1v) is 12.5. The van der Waals surface area contributed by atoms with Crippen LogP contribution < -0.4 is 10.0 Å². The Labute approximate surface area is 175 Å². The zero-order valence-electron chi connectivity index (χ0n) is 17.5. The standard InChI is InChI=1S/C22H35N3O3S/c1-18-9-11-21(12-10-18)29(27,28)24-15-20-8-5-13-25(16-20)17-22(26)23-14-19-6-3-2-4-7-19/h9-12,19-20,24H,2-8,13-17H2,1H3,(H,23,26). The number of benzene rings is 1. The quantitative estimate of drug-likeness (QED) is 0.676. The van der Waals surface area contributed by atoms with Crippen LogP contribution in [-0.4, -0.2) is 51.9 Å². The van der Waals surface area contributed by atoms with Crippen LogP contribution in [0.3, 0.4) is 0 Å². The summed E-state index contributed by atoms with van der Waals surface area (Å²) in [5.74, 6) is 0.963. The van der Waals surface area contributed by atoms with Crippen molar-refractivity contribution in [2.45, 2.75) is 56.8 Å². The molecule has 1 heterocycles. The molecule has 0 bridgehead atoms. The summed E-state index contributed by atoms with van der Waals surface area (Å²) < 4.78 is 27.7. The first kappa shape index (κ1) is 22.2. The molecule has 1 unspecified atom stereocenters. The van der Waals surface area contributed by atoms with E-state index in [1.54, 1.807) is 12.1 Å². The molecule has 2 N–H and O–H groups in total. The number of piperidine rings is 1. The Morgan fingerprint density at radius 3 is 2.41 bits per heavy atom. The van der Waals surface area contributed by atoms with Gasteiger partial charge in [0.15, 0.2) is 0 Å². The fourth-order valence-electron chi connectivity index (χ4n) is 4.40. The molecule has 1 aromatic rings. The molecule has 1 aromatic carbocycles. The lowest BCUT2D eigenvalue weighted by atomic mass is 9.89. The van der Waals surface area contributed by atoms with Gasteiger partial charge in [-0.3, -0.25) is 9.69 Å². The Morgan fingerprint density at radius 1 is 1.00 bits per heavy atom. The molecule has 2 fully saturated rings. The zero-order chi connectivity index (χ0) is 20.7. The van der Waals surface area contributed by atoms with E-state index in [0.29, 0.717) is 23.9 Å². The topological polar surface area (TPSA) is 78.5 Å². The van der Waals surface area contributed by atoms with E-state index in [0.717, 1.165) is 38.0 Å². The minimum absolute atomic E-state index is 0.0939. The molecule has 0 aromatic heterocycles. The molecule has 29 heavy (non-hydrogen) atoms. The number of nitrogens with zero attached hydrogens (tertiary/aromatic N) is 1. The van der Waals surface area contributed by atoms with Crippen molar-refractivity contribution in [3.63, 3.8) is 0 Å². The van der Waals surface area contributed by atoms with E-state index < -0.39 is 10.0 Å². The van der Waals surface area contributed by atoms with Crippen LogP contribution in [0, 0.1) is 18.8 Å². The normalized spacial score (nSPS) is 21.8. The molecular weight excluding hydrogens is 386 g/mol. The molecule has 1 saturated carbocycles. The van der Waals surface area contributed by atoms with Gasteiger partial charge >= 0.3 is 0 Å². The van der Waals surface area contributed by atoms with Crippen molar-refractivity contribution in [1.29, 1.82) is 0 Å². The second-order valence-corrected chi connectivity index (χ2v) is 10.5. The SMILES string of the molecule is Cc1ccc(S(=O)(=O)NCC2CCCN(CC(=O)NCC3CCCCC3)C2)cc1. The van der Waals surface area contributed by atoms with E-state index >= 15 is 0 Å². The van der Waals surface area contributed by atoms with Crippen LogP contribution in [0.4, 0.5) is 0 Å². The van der Waals surface area contributed by atoms with E-state index in [4.69, 9.17) is 0 Å². The Balaban J connectivity index is 1.41. The summed E-state index contributed by atoms with van der Waals surface area (Å²) in [6.07, 6.45) is 8.33. The number of hydrogen-bond acceptors (Lipinski definition) is 4. The minimum atomic E-state index is -3.49. The molecule has 1 atom stereocenters. The third kappa shape index (κ3) is 7.08. The third-order valence-electron chi connectivity index (χ3n) is 6.18. The maximum Gasteiger partial charge on any atom is 0.240 e. The first-order chi connectivity index (χ1) is 13.9. The van der Waals surface area contributed by atoms with E-state index in [2.05, 4.69) is 14.9 Å². The molecule has 162 valence electrons. The van der Waals surface area contributed by atoms with Crippen LogP contribution in [0.1, 0.15) is 50.5 Å². The van der Waals surface area contributed by atoms with Crippen LogP contribution >= 0.6 is 0 Å². The van der Waals surface area contributed by atoms with Gasteiger partial charge in [-0.25, -0.2) is 13.1 Å². The number of carbonyl (C=O) groups is 1. The Bertz CT molecular complexity index is 758. The van der Waals surface area contributed by atoms with Gasteiger partial charge in [-0.1, -0.05) is 37.0 Å². The molecule has 1 aliphatic carbocycles. The number of hydrogen-bond donors (Lipinski definition) is 2. The lowest BCUT2D eigenvalue weighted by Gasteiger charge is -2.32. The second-order valence-electron chi connectivity index (χ2n) is 8.72. The highest BCUT2D eigenvalue weighted by atomic mass is 32.2. The van der Waals surface area contributed by atoms with Crippen LogP contribution in [0.25, 0.3) is 0 Å². The largest absolute Gasteiger partial charge is 0.355 e. The fraction of sp³-hybridized carbons (Fsp3) is 0.682. The van der Waals surface area contributed by atoms with Gasteiger partial charge in [-0.05, 0) is 63.1 Å². The molecule has 3 rings (SSSR count). The molecule has 0 radical (unpaired) electrons. The van der Waals surface area contributed by atoms with Crippen LogP contribution in [0.5, 0.6) is 0 Å². The average molecular weight is 422 g/mol. The number of sulfonamides is 1. The van der Waals surface area contributed by atoms with Gasteiger partial charge < -0.3 is 5.32 Å². The number of nitrogens with one attached hydrogen (secondary N) is 2. The van der Waals surface area contributed by atoms with Crippen molar-refractivity contribution in [2.24, 2.45) is 11.8 Å². The summed E-state index contributed by atoms with van der Waals surface area (Å²) in [7, 11) is -3.49. The summed E-state index contributed by atoms with van der Waals surface area (Å²) in [6.45, 7) is 5.22. The van der Waals surface area contributed by atoms with Gasteiger partial charge in [0.1, 0.15) is 0 Å². The van der Waals surface area contributed by atoms with Gasteiger partial charge in [-0.15, -0.1) is 0 Å². The molecule has 6 nitrogen and oxygen atoms in total. The monoisotopic (exact) mass is 421 g/mol. The number of rotatable bonds is 8. The molecule has 1 amide bonds. The smallest absolute Gasteiger partial charge is 0.240 e. The maximum absolute atomic E-state index is 12.5. The van der Waals surface area contributed by atoms with Crippen molar-refractivity contribution >= 4 is 15.9 Å². The van der Waals surface area contributed by atoms with Crippen molar-refractivity contribution in [1.82, 2.24) is 14.9 Å². The van der Waals surface area contributed by atoms with Gasteiger partial charge in [0.25, 0.3) is 0 Å². The van der Waals surface area contributed by atoms with Crippen molar-refractivity contribution in [3.05, 3.63) is 29.8 Å². The van der Waals surface area contributed by atoms with E-state index in [-0.39, 0.29) is 11.8 Å². The fourth-order valence-corrected chi connectivity index (χ4v) is 5.51. The summed E-state index contributed by atoms with van der Waals surface area (Å²) in [4.78, 5) is 14.8. The zero-order valence-corrected chi connectivity index (χ0v) is 18.3. The Morgan fingerprint density at radius 2 is 1.69 bits per heavy atom. The number of aryl methyl sites for hydroxylation is 1. The van der Waals surface area contributed by atoms with Crippen LogP contribution in [-0.2, 0) is 14.8 Å². The molecule has 1 saturated heterocycles. The highest BCUT2D eigenvalue weighted by Gasteiger charge is 2.24. The summed E-state index contributed by atoms with van der Waals surface area (Å²) in [6, 6.07) is 6.90. The predicted molar refractivity (Wildman–Crippen MR) is 115 cm³/mol. The lowest BCUT2D eigenvalue weighted by Crippen LogP contribution is -2.45. The Hall–Kier alpha value is -1.44. The van der Waals surface area contributed by atoms with Crippen molar-refractivity contribution in [2.75, 3.05) is 32.7 Å². The van der Waals surface area contributed by atoms with Crippen LogP contribution in [0.2, 0.25) is 0 Å². The third-order valence-corrected chi connectivity index (χ3v) is 7.62.